The molecule has 0 saturated heterocycles. The standard InChI is InChI=1S/C18H26FN/c1-16(2,3)20-13-18(11-17(12-18)9-4-10-17)14-5-7-15(19)8-6-14/h5-8,20H,4,9-13H2,1-3H3. The van der Waals surface area contributed by atoms with Crippen molar-refractivity contribution in [2.75, 3.05) is 6.54 Å². The Morgan fingerprint density at radius 2 is 1.70 bits per heavy atom. The first-order chi connectivity index (χ1) is 9.33. The zero-order chi connectivity index (χ0) is 14.4. The molecule has 0 unspecified atom stereocenters. The molecule has 20 heavy (non-hydrogen) atoms. The van der Waals surface area contributed by atoms with Gasteiger partial charge in [-0.05, 0) is 69.6 Å². The Hall–Kier alpha value is -0.890. The molecule has 0 heterocycles. The largest absolute Gasteiger partial charge is 0.311 e. The number of benzene rings is 1. The minimum Gasteiger partial charge on any atom is -0.311 e. The van der Waals surface area contributed by atoms with Crippen LogP contribution in [-0.2, 0) is 5.41 Å². The molecule has 110 valence electrons. The van der Waals surface area contributed by atoms with E-state index in [1.54, 1.807) is 12.1 Å². The molecule has 0 radical (unpaired) electrons. The quantitative estimate of drug-likeness (QED) is 0.861. The van der Waals surface area contributed by atoms with Crippen molar-refractivity contribution < 1.29 is 4.39 Å². The van der Waals surface area contributed by atoms with Crippen molar-refractivity contribution in [2.45, 2.75) is 63.8 Å². The molecule has 2 saturated carbocycles. The van der Waals surface area contributed by atoms with Gasteiger partial charge in [0.15, 0.2) is 0 Å². The van der Waals surface area contributed by atoms with E-state index < -0.39 is 0 Å². The molecule has 1 N–H and O–H groups in total. The van der Waals surface area contributed by atoms with Gasteiger partial charge >= 0.3 is 0 Å². The van der Waals surface area contributed by atoms with Crippen LogP contribution in [0, 0.1) is 11.2 Å². The highest BCUT2D eigenvalue weighted by Crippen LogP contribution is 2.64. The first kappa shape index (κ1) is 14.1. The first-order valence-corrected chi connectivity index (χ1v) is 7.84. The van der Waals surface area contributed by atoms with E-state index in [1.165, 1.54) is 37.7 Å². The van der Waals surface area contributed by atoms with Crippen molar-refractivity contribution in [3.63, 3.8) is 0 Å². The normalized spacial score (nSPS) is 23.2. The van der Waals surface area contributed by atoms with Crippen molar-refractivity contribution in [2.24, 2.45) is 5.41 Å². The van der Waals surface area contributed by atoms with Crippen LogP contribution in [0.4, 0.5) is 4.39 Å². The molecule has 1 nitrogen and oxygen atoms in total. The summed E-state index contributed by atoms with van der Waals surface area (Å²) in [5, 5.41) is 3.67. The maximum Gasteiger partial charge on any atom is 0.123 e. The van der Waals surface area contributed by atoms with Gasteiger partial charge in [0, 0.05) is 17.5 Å². The summed E-state index contributed by atoms with van der Waals surface area (Å²) in [6.07, 6.45) is 6.73. The van der Waals surface area contributed by atoms with Gasteiger partial charge in [-0.1, -0.05) is 18.6 Å². The third kappa shape index (κ3) is 2.50. The third-order valence-corrected chi connectivity index (χ3v) is 5.25. The Morgan fingerprint density at radius 3 is 2.15 bits per heavy atom. The van der Waals surface area contributed by atoms with Crippen molar-refractivity contribution in [3.05, 3.63) is 35.6 Å². The van der Waals surface area contributed by atoms with Gasteiger partial charge < -0.3 is 5.32 Å². The van der Waals surface area contributed by atoms with Gasteiger partial charge in [0.1, 0.15) is 5.82 Å². The Bertz CT molecular complexity index is 471. The Balaban J connectivity index is 1.79. The highest BCUT2D eigenvalue weighted by molar-refractivity contribution is 5.32. The van der Waals surface area contributed by atoms with E-state index >= 15 is 0 Å². The van der Waals surface area contributed by atoms with Crippen molar-refractivity contribution in [1.82, 2.24) is 5.32 Å². The van der Waals surface area contributed by atoms with Gasteiger partial charge in [0.25, 0.3) is 0 Å². The van der Waals surface area contributed by atoms with E-state index in [1.807, 2.05) is 12.1 Å². The van der Waals surface area contributed by atoms with Crippen LogP contribution in [0.25, 0.3) is 0 Å². The second kappa shape index (κ2) is 4.56. The molecule has 2 heteroatoms. The van der Waals surface area contributed by atoms with Crippen LogP contribution in [0.3, 0.4) is 0 Å². The van der Waals surface area contributed by atoms with Crippen molar-refractivity contribution in [1.29, 1.82) is 0 Å². The summed E-state index contributed by atoms with van der Waals surface area (Å²) in [6.45, 7) is 7.64. The molecule has 0 aliphatic heterocycles. The molecule has 2 fully saturated rings. The lowest BCUT2D eigenvalue weighted by Gasteiger charge is -2.62. The topological polar surface area (TPSA) is 12.0 Å². The van der Waals surface area contributed by atoms with Gasteiger partial charge in [-0.2, -0.15) is 0 Å². The molecule has 0 amide bonds. The number of rotatable bonds is 3. The van der Waals surface area contributed by atoms with Crippen LogP contribution in [0.5, 0.6) is 0 Å². The van der Waals surface area contributed by atoms with Gasteiger partial charge in [-0.25, -0.2) is 4.39 Å². The highest BCUT2D eigenvalue weighted by atomic mass is 19.1. The first-order valence-electron chi connectivity index (χ1n) is 7.84. The fraction of sp³-hybridized carbons (Fsp3) is 0.667. The monoisotopic (exact) mass is 275 g/mol. The summed E-state index contributed by atoms with van der Waals surface area (Å²) < 4.78 is 13.2. The maximum atomic E-state index is 13.2. The zero-order valence-corrected chi connectivity index (χ0v) is 12.9. The second-order valence-electron chi connectivity index (χ2n) is 8.10. The van der Waals surface area contributed by atoms with E-state index in [2.05, 4.69) is 26.1 Å². The molecule has 0 aromatic heterocycles. The minimum absolute atomic E-state index is 0.134. The molecule has 3 rings (SSSR count). The predicted molar refractivity (Wildman–Crippen MR) is 81.4 cm³/mol. The Kier molecular flexibility index (Phi) is 3.20. The predicted octanol–water partition coefficient (Wildman–Crippen LogP) is 4.42. The van der Waals surface area contributed by atoms with Crippen LogP contribution in [0.2, 0.25) is 0 Å². The third-order valence-electron chi connectivity index (χ3n) is 5.25. The second-order valence-corrected chi connectivity index (χ2v) is 8.10. The smallest absolute Gasteiger partial charge is 0.123 e. The molecular formula is C18H26FN. The molecule has 1 aromatic rings. The van der Waals surface area contributed by atoms with E-state index in [4.69, 9.17) is 0 Å². The zero-order valence-electron chi connectivity index (χ0n) is 12.9. The van der Waals surface area contributed by atoms with Crippen LogP contribution >= 0.6 is 0 Å². The SMILES string of the molecule is CC(C)(C)NCC1(c2ccc(F)cc2)CC2(CCC2)C1. The molecular weight excluding hydrogens is 249 g/mol. The molecule has 0 bridgehead atoms. The molecule has 0 atom stereocenters. The molecule has 2 aliphatic carbocycles. The average Bonchev–Trinajstić information content (AvgIpc) is 2.26. The van der Waals surface area contributed by atoms with E-state index in [-0.39, 0.29) is 16.8 Å². The molecule has 1 aromatic carbocycles. The lowest BCUT2D eigenvalue weighted by atomic mass is 9.43. The number of halogens is 1. The van der Waals surface area contributed by atoms with Crippen molar-refractivity contribution >= 4 is 0 Å². The summed E-state index contributed by atoms with van der Waals surface area (Å²) >= 11 is 0. The summed E-state index contributed by atoms with van der Waals surface area (Å²) in [5.74, 6) is -0.134. The number of hydrogen-bond donors (Lipinski definition) is 1. The summed E-state index contributed by atoms with van der Waals surface area (Å²) in [5.41, 5.74) is 2.29. The van der Waals surface area contributed by atoms with Crippen LogP contribution in [0.15, 0.2) is 24.3 Å². The minimum atomic E-state index is -0.134. The van der Waals surface area contributed by atoms with E-state index in [0.717, 1.165) is 6.54 Å². The van der Waals surface area contributed by atoms with Gasteiger partial charge in [-0.15, -0.1) is 0 Å². The number of hydrogen-bond acceptors (Lipinski definition) is 1. The van der Waals surface area contributed by atoms with E-state index in [9.17, 15) is 4.39 Å². The number of nitrogens with one attached hydrogen (secondary N) is 1. The fourth-order valence-corrected chi connectivity index (χ4v) is 4.08. The summed E-state index contributed by atoms with van der Waals surface area (Å²) in [4.78, 5) is 0. The summed E-state index contributed by atoms with van der Waals surface area (Å²) in [6, 6.07) is 7.20. The van der Waals surface area contributed by atoms with Crippen LogP contribution in [0.1, 0.15) is 58.4 Å². The lowest BCUT2D eigenvalue weighted by Crippen LogP contribution is -2.59. The fourth-order valence-electron chi connectivity index (χ4n) is 4.08. The lowest BCUT2D eigenvalue weighted by molar-refractivity contribution is -0.0503. The maximum absolute atomic E-state index is 13.2. The van der Waals surface area contributed by atoms with Gasteiger partial charge in [0.2, 0.25) is 0 Å². The summed E-state index contributed by atoms with van der Waals surface area (Å²) in [7, 11) is 0. The van der Waals surface area contributed by atoms with Gasteiger partial charge in [-0.3, -0.25) is 0 Å². The van der Waals surface area contributed by atoms with E-state index in [0.29, 0.717) is 5.41 Å². The Labute approximate surface area is 122 Å². The highest BCUT2D eigenvalue weighted by Gasteiger charge is 2.57. The molecule has 1 spiro atoms. The van der Waals surface area contributed by atoms with Gasteiger partial charge in [0.05, 0.1) is 0 Å². The van der Waals surface area contributed by atoms with Crippen molar-refractivity contribution in [3.8, 4) is 0 Å². The van der Waals surface area contributed by atoms with Crippen LogP contribution < -0.4 is 5.32 Å². The Morgan fingerprint density at radius 1 is 1.10 bits per heavy atom. The van der Waals surface area contributed by atoms with Crippen LogP contribution in [-0.4, -0.2) is 12.1 Å². The average molecular weight is 275 g/mol. The molecule has 2 aliphatic rings.